The minimum atomic E-state index is -0.122. The number of nitrogens with one attached hydrogen (secondary N) is 1. The Hall–Kier alpha value is -1.43. The van der Waals surface area contributed by atoms with E-state index in [1.54, 1.807) is 6.33 Å². The first kappa shape index (κ1) is 13.0. The van der Waals surface area contributed by atoms with Crippen LogP contribution in [0.25, 0.3) is 0 Å². The van der Waals surface area contributed by atoms with Crippen LogP contribution in [0.1, 0.15) is 44.5 Å². The first-order valence-electron chi connectivity index (χ1n) is 6.47. The number of nitrogens with two attached hydrogens (primary N) is 1. The number of hydrogen-bond donors (Lipinski definition) is 2. The molecule has 1 saturated carbocycles. The van der Waals surface area contributed by atoms with Gasteiger partial charge in [0.15, 0.2) is 5.82 Å². The van der Waals surface area contributed by atoms with Gasteiger partial charge >= 0.3 is 0 Å². The number of carbonyl (C=O) groups is 1. The summed E-state index contributed by atoms with van der Waals surface area (Å²) < 4.78 is 1.82. The molecule has 0 aliphatic heterocycles. The third-order valence-corrected chi connectivity index (χ3v) is 3.58. The van der Waals surface area contributed by atoms with Crippen molar-refractivity contribution >= 4 is 5.91 Å². The van der Waals surface area contributed by atoms with Crippen molar-refractivity contribution in [3.8, 4) is 0 Å². The van der Waals surface area contributed by atoms with Crippen molar-refractivity contribution in [2.75, 3.05) is 0 Å². The fraction of sp³-hybridized carbons (Fsp3) is 0.750. The van der Waals surface area contributed by atoms with Crippen LogP contribution in [0.5, 0.6) is 0 Å². The Labute approximate surface area is 107 Å². The second-order valence-electron chi connectivity index (χ2n) is 5.15. The van der Waals surface area contributed by atoms with Gasteiger partial charge in [-0.25, -0.2) is 0 Å². The van der Waals surface area contributed by atoms with E-state index in [1.165, 1.54) is 0 Å². The minimum absolute atomic E-state index is 0.0458. The molecular formula is C12H21N5O. The summed E-state index contributed by atoms with van der Waals surface area (Å²) in [6.07, 6.45) is 5.43. The summed E-state index contributed by atoms with van der Waals surface area (Å²) >= 11 is 0. The van der Waals surface area contributed by atoms with Crippen LogP contribution >= 0.6 is 0 Å². The molecule has 6 heteroatoms. The monoisotopic (exact) mass is 251 g/mol. The van der Waals surface area contributed by atoms with Crippen LogP contribution in [0, 0.1) is 5.92 Å². The third kappa shape index (κ3) is 2.87. The molecule has 1 aliphatic carbocycles. The van der Waals surface area contributed by atoms with Gasteiger partial charge in [-0.2, -0.15) is 0 Å². The molecule has 0 aromatic carbocycles. The van der Waals surface area contributed by atoms with Crippen LogP contribution in [0.15, 0.2) is 6.33 Å². The molecule has 0 bridgehead atoms. The van der Waals surface area contributed by atoms with Crippen LogP contribution < -0.4 is 11.1 Å². The lowest BCUT2D eigenvalue weighted by Gasteiger charge is -2.26. The summed E-state index contributed by atoms with van der Waals surface area (Å²) in [5.74, 6) is 0.897. The van der Waals surface area contributed by atoms with Crippen molar-refractivity contribution in [2.24, 2.45) is 18.7 Å². The van der Waals surface area contributed by atoms with Crippen molar-refractivity contribution in [3.63, 3.8) is 0 Å². The molecule has 18 heavy (non-hydrogen) atoms. The predicted molar refractivity (Wildman–Crippen MR) is 67.5 cm³/mol. The molecule has 1 aromatic heterocycles. The maximum Gasteiger partial charge on any atom is 0.223 e. The van der Waals surface area contributed by atoms with Gasteiger partial charge < -0.3 is 15.6 Å². The minimum Gasteiger partial charge on any atom is -0.346 e. The van der Waals surface area contributed by atoms with Crippen molar-refractivity contribution < 1.29 is 4.79 Å². The Kier molecular flexibility index (Phi) is 3.96. The van der Waals surface area contributed by atoms with Gasteiger partial charge in [0.25, 0.3) is 0 Å². The Morgan fingerprint density at radius 3 is 3.00 bits per heavy atom. The maximum absolute atomic E-state index is 12.1. The second kappa shape index (κ2) is 5.48. The fourth-order valence-corrected chi connectivity index (χ4v) is 2.55. The summed E-state index contributed by atoms with van der Waals surface area (Å²) in [5.41, 5.74) is 5.91. The number of carbonyl (C=O) groups excluding carboxylic acids is 1. The van der Waals surface area contributed by atoms with Crippen molar-refractivity contribution in [2.45, 2.75) is 44.7 Å². The van der Waals surface area contributed by atoms with Crippen LogP contribution in [0.4, 0.5) is 0 Å². The summed E-state index contributed by atoms with van der Waals surface area (Å²) in [6.45, 7) is 1.92. The number of rotatable bonds is 3. The van der Waals surface area contributed by atoms with Crippen molar-refractivity contribution in [1.82, 2.24) is 20.1 Å². The topological polar surface area (TPSA) is 85.8 Å². The predicted octanol–water partition coefficient (Wildman–Crippen LogP) is 0.510. The van der Waals surface area contributed by atoms with E-state index in [9.17, 15) is 4.79 Å². The molecule has 3 atom stereocenters. The summed E-state index contributed by atoms with van der Waals surface area (Å²) in [4.78, 5) is 12.1. The zero-order valence-electron chi connectivity index (χ0n) is 11.0. The van der Waals surface area contributed by atoms with E-state index in [1.807, 2.05) is 18.5 Å². The average Bonchev–Trinajstić information content (AvgIpc) is 2.75. The van der Waals surface area contributed by atoms with E-state index in [4.69, 9.17) is 5.73 Å². The smallest absolute Gasteiger partial charge is 0.223 e. The highest BCUT2D eigenvalue weighted by molar-refractivity contribution is 5.79. The number of aryl methyl sites for hydroxylation is 1. The van der Waals surface area contributed by atoms with Gasteiger partial charge in [0, 0.05) is 19.0 Å². The number of amides is 1. The van der Waals surface area contributed by atoms with Crippen LogP contribution in [0.3, 0.4) is 0 Å². The van der Waals surface area contributed by atoms with E-state index < -0.39 is 0 Å². The molecule has 1 aliphatic rings. The van der Waals surface area contributed by atoms with Gasteiger partial charge in [-0.15, -0.1) is 10.2 Å². The van der Waals surface area contributed by atoms with E-state index in [0.29, 0.717) is 0 Å². The van der Waals surface area contributed by atoms with E-state index in [0.717, 1.165) is 31.5 Å². The van der Waals surface area contributed by atoms with Crippen LogP contribution in [-0.4, -0.2) is 26.7 Å². The summed E-state index contributed by atoms with van der Waals surface area (Å²) in [6, 6.07) is 0.0442. The fourth-order valence-electron chi connectivity index (χ4n) is 2.55. The normalized spacial score (nSPS) is 25.7. The summed E-state index contributed by atoms with van der Waals surface area (Å²) in [5, 5.41) is 10.8. The summed E-state index contributed by atoms with van der Waals surface area (Å²) in [7, 11) is 1.87. The first-order chi connectivity index (χ1) is 8.58. The standard InChI is InChI=1S/C12H21N5O/c1-8(11-16-14-7-17(11)2)15-12(18)9-4-3-5-10(13)6-9/h7-10H,3-6,13H2,1-2H3,(H,15,18). The molecule has 100 valence electrons. The van der Waals surface area contributed by atoms with Crippen molar-refractivity contribution in [3.05, 3.63) is 12.2 Å². The number of nitrogens with zero attached hydrogens (tertiary/aromatic N) is 3. The maximum atomic E-state index is 12.1. The molecule has 3 N–H and O–H groups in total. The highest BCUT2D eigenvalue weighted by atomic mass is 16.1. The lowest BCUT2D eigenvalue weighted by Crippen LogP contribution is -2.39. The van der Waals surface area contributed by atoms with Gasteiger partial charge in [0.05, 0.1) is 6.04 Å². The third-order valence-electron chi connectivity index (χ3n) is 3.58. The second-order valence-corrected chi connectivity index (χ2v) is 5.15. The van der Waals surface area contributed by atoms with Gasteiger partial charge in [-0.05, 0) is 26.2 Å². The molecule has 3 unspecified atom stereocenters. The molecule has 6 nitrogen and oxygen atoms in total. The zero-order valence-corrected chi connectivity index (χ0v) is 11.0. The molecule has 1 aromatic rings. The molecule has 0 spiro atoms. The molecule has 0 radical (unpaired) electrons. The Bertz CT molecular complexity index is 416. The van der Waals surface area contributed by atoms with Gasteiger partial charge in [0.1, 0.15) is 6.33 Å². The molecule has 0 saturated heterocycles. The lowest BCUT2D eigenvalue weighted by molar-refractivity contribution is -0.126. The molecule has 2 rings (SSSR count). The molecule has 1 heterocycles. The van der Waals surface area contributed by atoms with E-state index in [2.05, 4.69) is 15.5 Å². The SMILES string of the molecule is CC(NC(=O)C1CCCC(N)C1)c1nncn1C. The molecule has 1 fully saturated rings. The van der Waals surface area contributed by atoms with Crippen LogP contribution in [0.2, 0.25) is 0 Å². The van der Waals surface area contributed by atoms with Crippen LogP contribution in [-0.2, 0) is 11.8 Å². The van der Waals surface area contributed by atoms with E-state index in [-0.39, 0.29) is 23.9 Å². The average molecular weight is 251 g/mol. The highest BCUT2D eigenvalue weighted by Gasteiger charge is 2.26. The van der Waals surface area contributed by atoms with Gasteiger partial charge in [-0.3, -0.25) is 4.79 Å². The zero-order chi connectivity index (χ0) is 13.1. The number of hydrogen-bond acceptors (Lipinski definition) is 4. The largest absolute Gasteiger partial charge is 0.346 e. The van der Waals surface area contributed by atoms with E-state index >= 15 is 0 Å². The molecule has 1 amide bonds. The lowest BCUT2D eigenvalue weighted by atomic mass is 9.85. The Morgan fingerprint density at radius 2 is 2.39 bits per heavy atom. The van der Waals surface area contributed by atoms with Crippen molar-refractivity contribution in [1.29, 1.82) is 0 Å². The van der Waals surface area contributed by atoms with Gasteiger partial charge in [0.2, 0.25) is 5.91 Å². The number of aromatic nitrogens is 3. The Morgan fingerprint density at radius 1 is 1.61 bits per heavy atom. The van der Waals surface area contributed by atoms with Gasteiger partial charge in [-0.1, -0.05) is 6.42 Å². The highest BCUT2D eigenvalue weighted by Crippen LogP contribution is 2.24. The quantitative estimate of drug-likeness (QED) is 0.819. The Balaban J connectivity index is 1.93. The first-order valence-corrected chi connectivity index (χ1v) is 6.47. The molecular weight excluding hydrogens is 230 g/mol.